The van der Waals surface area contributed by atoms with Crippen LogP contribution < -0.4 is 5.56 Å². The number of imide groups is 1. The fourth-order valence-electron chi connectivity index (χ4n) is 3.70. The second-order valence-corrected chi connectivity index (χ2v) is 7.84. The topological polar surface area (TPSA) is 98.0 Å². The van der Waals surface area contributed by atoms with E-state index >= 15 is 0 Å². The van der Waals surface area contributed by atoms with Crippen LogP contribution in [0.3, 0.4) is 0 Å². The fraction of sp³-hybridized carbons (Fsp3) is 0.261. The molecule has 1 aromatic carbocycles. The van der Waals surface area contributed by atoms with Crippen molar-refractivity contribution in [1.82, 2.24) is 14.3 Å². The summed E-state index contributed by atoms with van der Waals surface area (Å²) in [6.45, 7) is 5.09. The summed E-state index contributed by atoms with van der Waals surface area (Å²) in [5.41, 5.74) is 1.88. The van der Waals surface area contributed by atoms with Crippen molar-refractivity contribution in [1.29, 1.82) is 0 Å². The first-order valence-electron chi connectivity index (χ1n) is 9.90. The molecule has 0 N–H and O–H groups in total. The third kappa shape index (κ3) is 3.61. The molecule has 0 spiro atoms. The van der Waals surface area contributed by atoms with Gasteiger partial charge in [-0.3, -0.25) is 23.7 Å². The monoisotopic (exact) mass is 419 g/mol. The lowest BCUT2D eigenvalue weighted by Crippen LogP contribution is -2.48. The number of pyridine rings is 1. The van der Waals surface area contributed by atoms with Gasteiger partial charge in [0.2, 0.25) is 0 Å². The highest BCUT2D eigenvalue weighted by molar-refractivity contribution is 6.22. The Morgan fingerprint density at radius 2 is 1.68 bits per heavy atom. The van der Waals surface area contributed by atoms with E-state index in [1.807, 2.05) is 13.0 Å². The molecule has 0 saturated heterocycles. The SMILES string of the molecule is Cc1ccc2nc(COC(=O)[C@H](C(C)C)N3C(=O)c4ccccc4C3=O)cc(=O)n2c1. The molecule has 4 rings (SSSR count). The maximum absolute atomic E-state index is 12.9. The van der Waals surface area contributed by atoms with Crippen molar-refractivity contribution in [2.75, 3.05) is 0 Å². The lowest BCUT2D eigenvalue weighted by atomic mass is 10.0. The van der Waals surface area contributed by atoms with Crippen LogP contribution in [0.15, 0.2) is 53.5 Å². The summed E-state index contributed by atoms with van der Waals surface area (Å²) in [6.07, 6.45) is 1.68. The summed E-state index contributed by atoms with van der Waals surface area (Å²) in [5, 5.41) is 0. The molecule has 2 amide bonds. The summed E-state index contributed by atoms with van der Waals surface area (Å²) in [4.78, 5) is 56.1. The van der Waals surface area contributed by atoms with E-state index in [2.05, 4.69) is 4.98 Å². The molecule has 1 aliphatic rings. The van der Waals surface area contributed by atoms with E-state index in [1.54, 1.807) is 50.4 Å². The molecule has 1 aliphatic heterocycles. The quantitative estimate of drug-likeness (QED) is 0.465. The van der Waals surface area contributed by atoms with Crippen LogP contribution in [0.4, 0.5) is 0 Å². The molecule has 0 bridgehead atoms. The Kier molecular flexibility index (Phi) is 5.14. The van der Waals surface area contributed by atoms with Crippen molar-refractivity contribution in [3.63, 3.8) is 0 Å². The Labute approximate surface area is 178 Å². The van der Waals surface area contributed by atoms with Crippen LogP contribution in [0.2, 0.25) is 0 Å². The Morgan fingerprint density at radius 1 is 1.03 bits per heavy atom. The van der Waals surface area contributed by atoms with E-state index in [0.717, 1.165) is 10.5 Å². The van der Waals surface area contributed by atoms with E-state index in [0.29, 0.717) is 5.65 Å². The molecular formula is C23H21N3O5. The minimum atomic E-state index is -1.09. The maximum atomic E-state index is 12.9. The number of fused-ring (bicyclic) bond motifs is 2. The van der Waals surface area contributed by atoms with Gasteiger partial charge in [0, 0.05) is 12.3 Å². The van der Waals surface area contributed by atoms with Crippen LogP contribution in [-0.2, 0) is 16.1 Å². The van der Waals surface area contributed by atoms with E-state index in [-0.39, 0.29) is 34.9 Å². The average Bonchev–Trinajstić information content (AvgIpc) is 2.98. The molecule has 0 aliphatic carbocycles. The number of rotatable bonds is 5. The summed E-state index contributed by atoms with van der Waals surface area (Å²) < 4.78 is 6.80. The number of carbonyl (C=O) groups excluding carboxylic acids is 3. The Hall–Kier alpha value is -3.81. The van der Waals surface area contributed by atoms with Gasteiger partial charge in [0.25, 0.3) is 17.4 Å². The molecule has 8 nitrogen and oxygen atoms in total. The Balaban J connectivity index is 1.56. The van der Waals surface area contributed by atoms with Crippen LogP contribution in [-0.4, -0.2) is 38.1 Å². The Bertz CT molecular complexity index is 1240. The number of aryl methyl sites for hydroxylation is 1. The number of hydrogen-bond acceptors (Lipinski definition) is 6. The molecule has 2 aromatic heterocycles. The first-order valence-corrected chi connectivity index (χ1v) is 9.90. The number of amides is 2. The Morgan fingerprint density at radius 3 is 2.29 bits per heavy atom. The van der Waals surface area contributed by atoms with Crippen molar-refractivity contribution >= 4 is 23.4 Å². The standard InChI is InChI=1S/C23H21N3O5/c1-13(2)20(26-21(28)16-6-4-5-7-17(16)22(26)29)23(30)31-12-15-10-19(27)25-11-14(3)8-9-18(25)24-15/h4-11,13,20H,12H2,1-3H3/t20-/m0/s1. The molecule has 0 radical (unpaired) electrons. The van der Waals surface area contributed by atoms with E-state index in [1.165, 1.54) is 10.5 Å². The molecule has 0 unspecified atom stereocenters. The number of benzene rings is 1. The number of ether oxygens (including phenoxy) is 1. The maximum Gasteiger partial charge on any atom is 0.330 e. The summed E-state index contributed by atoms with van der Waals surface area (Å²) in [7, 11) is 0. The van der Waals surface area contributed by atoms with Crippen LogP contribution in [0.5, 0.6) is 0 Å². The first-order chi connectivity index (χ1) is 14.8. The third-order valence-corrected chi connectivity index (χ3v) is 5.20. The zero-order valence-corrected chi connectivity index (χ0v) is 17.4. The lowest BCUT2D eigenvalue weighted by Gasteiger charge is -2.27. The molecule has 1 atom stereocenters. The van der Waals surface area contributed by atoms with Crippen LogP contribution >= 0.6 is 0 Å². The zero-order chi connectivity index (χ0) is 22.3. The van der Waals surface area contributed by atoms with Crippen molar-refractivity contribution in [3.8, 4) is 0 Å². The molecule has 158 valence electrons. The van der Waals surface area contributed by atoms with E-state index in [4.69, 9.17) is 4.74 Å². The highest BCUT2D eigenvalue weighted by atomic mass is 16.5. The van der Waals surface area contributed by atoms with Crippen molar-refractivity contribution in [3.05, 3.63) is 81.4 Å². The molecule has 3 aromatic rings. The van der Waals surface area contributed by atoms with Gasteiger partial charge in [0.15, 0.2) is 0 Å². The molecule has 0 fully saturated rings. The third-order valence-electron chi connectivity index (χ3n) is 5.20. The van der Waals surface area contributed by atoms with Crippen LogP contribution in [0.1, 0.15) is 45.8 Å². The van der Waals surface area contributed by atoms with Crippen LogP contribution in [0, 0.1) is 12.8 Å². The van der Waals surface area contributed by atoms with Gasteiger partial charge in [-0.15, -0.1) is 0 Å². The normalized spacial score (nSPS) is 14.3. The molecular weight excluding hydrogens is 398 g/mol. The average molecular weight is 419 g/mol. The first kappa shape index (κ1) is 20.5. The van der Waals surface area contributed by atoms with Crippen LogP contribution in [0.25, 0.3) is 5.65 Å². The molecule has 0 saturated carbocycles. The van der Waals surface area contributed by atoms with Gasteiger partial charge in [-0.1, -0.05) is 32.0 Å². The highest BCUT2D eigenvalue weighted by Crippen LogP contribution is 2.27. The number of carbonyl (C=O) groups is 3. The van der Waals surface area contributed by atoms with E-state index < -0.39 is 23.8 Å². The number of esters is 1. The summed E-state index contributed by atoms with van der Waals surface area (Å²) >= 11 is 0. The van der Waals surface area contributed by atoms with Gasteiger partial charge in [0.1, 0.15) is 18.3 Å². The second kappa shape index (κ2) is 7.79. The minimum Gasteiger partial charge on any atom is -0.458 e. The van der Waals surface area contributed by atoms with Gasteiger partial charge in [-0.25, -0.2) is 9.78 Å². The number of hydrogen-bond donors (Lipinski definition) is 0. The number of nitrogens with zero attached hydrogens (tertiary/aromatic N) is 3. The summed E-state index contributed by atoms with van der Waals surface area (Å²) in [5.74, 6) is -2.13. The number of aromatic nitrogens is 2. The lowest BCUT2D eigenvalue weighted by molar-refractivity contribution is -0.151. The predicted molar refractivity (Wildman–Crippen MR) is 112 cm³/mol. The van der Waals surface area contributed by atoms with Gasteiger partial charge >= 0.3 is 5.97 Å². The largest absolute Gasteiger partial charge is 0.458 e. The van der Waals surface area contributed by atoms with Crippen molar-refractivity contribution < 1.29 is 19.1 Å². The van der Waals surface area contributed by atoms with Gasteiger partial charge < -0.3 is 4.74 Å². The second-order valence-electron chi connectivity index (χ2n) is 7.84. The van der Waals surface area contributed by atoms with Crippen molar-refractivity contribution in [2.24, 2.45) is 5.92 Å². The highest BCUT2D eigenvalue weighted by Gasteiger charge is 2.44. The van der Waals surface area contributed by atoms with E-state index in [9.17, 15) is 19.2 Å². The smallest absolute Gasteiger partial charge is 0.330 e. The molecule has 8 heteroatoms. The minimum absolute atomic E-state index is 0.245. The van der Waals surface area contributed by atoms with Gasteiger partial charge in [0.05, 0.1) is 16.8 Å². The van der Waals surface area contributed by atoms with Gasteiger partial charge in [-0.2, -0.15) is 0 Å². The fourth-order valence-corrected chi connectivity index (χ4v) is 3.70. The summed E-state index contributed by atoms with van der Waals surface area (Å²) in [6, 6.07) is 10.2. The zero-order valence-electron chi connectivity index (χ0n) is 17.4. The van der Waals surface area contributed by atoms with Crippen molar-refractivity contribution in [2.45, 2.75) is 33.4 Å². The predicted octanol–water partition coefficient (Wildman–Crippen LogP) is 2.37. The molecule has 31 heavy (non-hydrogen) atoms. The van der Waals surface area contributed by atoms with Gasteiger partial charge in [-0.05, 0) is 36.6 Å². The molecule has 3 heterocycles.